The van der Waals surface area contributed by atoms with Gasteiger partial charge in [0.15, 0.2) is 0 Å². The van der Waals surface area contributed by atoms with Gasteiger partial charge >= 0.3 is 0 Å². The highest BCUT2D eigenvalue weighted by molar-refractivity contribution is 7.15. The van der Waals surface area contributed by atoms with Gasteiger partial charge in [-0.2, -0.15) is 0 Å². The molecule has 1 heterocycles. The van der Waals surface area contributed by atoms with Crippen LogP contribution in [0.2, 0.25) is 0 Å². The fraction of sp³-hybridized carbons (Fsp3) is 0.185. The van der Waals surface area contributed by atoms with Crippen molar-refractivity contribution in [2.45, 2.75) is 19.9 Å². The minimum atomic E-state index is -0.278. The van der Waals surface area contributed by atoms with Crippen LogP contribution in [-0.4, -0.2) is 35.2 Å². The standard InChI is InChI=1S/C27H27N5O4S/c1-19-8-5-6-13-23(19)36-15-14-35-22-12-7-9-20(16-22)18-28-30-24(33)17-25-31-32-27(37-25)29-26(34)21-10-3-2-4-11-21/h2-13,16,28H,14-15,17-18H2,1H3,(H,30,33)(H,29,32,34). The first-order valence-corrected chi connectivity index (χ1v) is 12.5. The summed E-state index contributed by atoms with van der Waals surface area (Å²) in [5.41, 5.74) is 8.11. The zero-order valence-electron chi connectivity index (χ0n) is 20.3. The molecule has 9 nitrogen and oxygen atoms in total. The Morgan fingerprint density at radius 3 is 2.51 bits per heavy atom. The molecule has 0 radical (unpaired) electrons. The third kappa shape index (κ3) is 8.13. The van der Waals surface area contributed by atoms with Crippen LogP contribution in [0, 0.1) is 6.92 Å². The molecule has 0 bridgehead atoms. The zero-order chi connectivity index (χ0) is 25.9. The van der Waals surface area contributed by atoms with E-state index in [0.717, 1.165) is 34.0 Å². The summed E-state index contributed by atoms with van der Waals surface area (Å²) in [5, 5.41) is 11.4. The molecule has 0 aliphatic rings. The highest BCUT2D eigenvalue weighted by Crippen LogP contribution is 2.18. The van der Waals surface area contributed by atoms with Crippen molar-refractivity contribution in [3.8, 4) is 11.5 Å². The summed E-state index contributed by atoms with van der Waals surface area (Å²) < 4.78 is 11.5. The van der Waals surface area contributed by atoms with Crippen LogP contribution in [0.25, 0.3) is 0 Å². The molecule has 10 heteroatoms. The number of hydrogen-bond donors (Lipinski definition) is 3. The molecule has 0 spiro atoms. The monoisotopic (exact) mass is 517 g/mol. The predicted octanol–water partition coefficient (Wildman–Crippen LogP) is 3.92. The van der Waals surface area contributed by atoms with Crippen LogP contribution in [0.3, 0.4) is 0 Å². The Labute approximate surface area is 218 Å². The smallest absolute Gasteiger partial charge is 0.257 e. The Morgan fingerprint density at radius 2 is 1.68 bits per heavy atom. The fourth-order valence-corrected chi connectivity index (χ4v) is 4.07. The van der Waals surface area contributed by atoms with Crippen molar-refractivity contribution in [1.29, 1.82) is 0 Å². The molecule has 4 rings (SSSR count). The number of para-hydroxylation sites is 1. The number of aryl methyl sites for hydroxylation is 1. The molecule has 0 aliphatic heterocycles. The lowest BCUT2D eigenvalue weighted by Crippen LogP contribution is -2.37. The zero-order valence-corrected chi connectivity index (χ0v) is 21.1. The summed E-state index contributed by atoms with van der Waals surface area (Å²) >= 11 is 1.16. The largest absolute Gasteiger partial charge is 0.490 e. The topological polar surface area (TPSA) is 114 Å². The molecule has 2 amide bonds. The molecule has 0 atom stereocenters. The first-order valence-electron chi connectivity index (χ1n) is 11.7. The average molecular weight is 518 g/mol. The Kier molecular flexibility index (Phi) is 9.17. The highest BCUT2D eigenvalue weighted by Gasteiger charge is 2.12. The number of carbonyl (C=O) groups is 2. The van der Waals surface area contributed by atoms with Gasteiger partial charge in [0.25, 0.3) is 5.91 Å². The molecule has 0 saturated heterocycles. The van der Waals surface area contributed by atoms with Crippen molar-refractivity contribution in [3.05, 3.63) is 101 Å². The van der Waals surface area contributed by atoms with E-state index in [-0.39, 0.29) is 18.2 Å². The second-order valence-corrected chi connectivity index (χ2v) is 9.07. The van der Waals surface area contributed by atoms with Crippen LogP contribution in [-0.2, 0) is 17.8 Å². The molecule has 4 aromatic rings. The summed E-state index contributed by atoms with van der Waals surface area (Å²) in [6.07, 6.45) is 0.0376. The van der Waals surface area contributed by atoms with Gasteiger partial charge in [0, 0.05) is 12.1 Å². The minimum Gasteiger partial charge on any atom is -0.490 e. The van der Waals surface area contributed by atoms with Gasteiger partial charge in [-0.15, -0.1) is 10.2 Å². The molecule has 37 heavy (non-hydrogen) atoms. The van der Waals surface area contributed by atoms with E-state index in [1.807, 2.05) is 61.5 Å². The second-order valence-electron chi connectivity index (χ2n) is 8.01. The number of aromatic nitrogens is 2. The Hall–Kier alpha value is -4.28. The Morgan fingerprint density at radius 1 is 0.892 bits per heavy atom. The van der Waals surface area contributed by atoms with Crippen molar-refractivity contribution in [2.75, 3.05) is 18.5 Å². The normalized spacial score (nSPS) is 10.5. The van der Waals surface area contributed by atoms with Gasteiger partial charge in [-0.1, -0.05) is 59.9 Å². The van der Waals surface area contributed by atoms with E-state index in [1.165, 1.54) is 0 Å². The van der Waals surface area contributed by atoms with Gasteiger partial charge in [0.2, 0.25) is 11.0 Å². The maximum absolute atomic E-state index is 12.3. The minimum absolute atomic E-state index is 0.0376. The third-order valence-corrected chi connectivity index (χ3v) is 6.00. The first kappa shape index (κ1) is 25.8. The predicted molar refractivity (Wildman–Crippen MR) is 142 cm³/mol. The van der Waals surface area contributed by atoms with Crippen molar-refractivity contribution < 1.29 is 19.1 Å². The highest BCUT2D eigenvalue weighted by atomic mass is 32.1. The van der Waals surface area contributed by atoms with E-state index >= 15 is 0 Å². The third-order valence-electron chi connectivity index (χ3n) is 5.16. The molecule has 0 fully saturated rings. The maximum Gasteiger partial charge on any atom is 0.257 e. The summed E-state index contributed by atoms with van der Waals surface area (Å²) in [6.45, 7) is 3.27. The van der Waals surface area contributed by atoms with Gasteiger partial charge in [-0.25, -0.2) is 5.43 Å². The molecule has 3 N–H and O–H groups in total. The molecule has 1 aromatic heterocycles. The number of rotatable bonds is 12. The van der Waals surface area contributed by atoms with Gasteiger partial charge < -0.3 is 9.47 Å². The van der Waals surface area contributed by atoms with E-state index in [0.29, 0.717) is 35.5 Å². The summed E-state index contributed by atoms with van der Waals surface area (Å²) in [5.74, 6) is 1.02. The summed E-state index contributed by atoms with van der Waals surface area (Å²) in [6, 6.07) is 24.3. The average Bonchev–Trinajstić information content (AvgIpc) is 3.34. The number of hydrazine groups is 1. The van der Waals surface area contributed by atoms with Crippen LogP contribution in [0.1, 0.15) is 26.5 Å². The van der Waals surface area contributed by atoms with Gasteiger partial charge in [-0.05, 0) is 48.4 Å². The van der Waals surface area contributed by atoms with Crippen LogP contribution in [0.5, 0.6) is 11.5 Å². The molecule has 3 aromatic carbocycles. The van der Waals surface area contributed by atoms with Gasteiger partial charge in [0.1, 0.15) is 29.7 Å². The summed E-state index contributed by atoms with van der Waals surface area (Å²) in [4.78, 5) is 24.5. The number of amides is 2. The lowest BCUT2D eigenvalue weighted by molar-refractivity contribution is -0.121. The van der Waals surface area contributed by atoms with Crippen LogP contribution in [0.15, 0.2) is 78.9 Å². The SMILES string of the molecule is Cc1ccccc1OCCOc1cccc(CNNC(=O)Cc2nnc(NC(=O)c3ccccc3)s2)c1. The lowest BCUT2D eigenvalue weighted by Gasteiger charge is -2.11. The fourth-order valence-electron chi connectivity index (χ4n) is 3.34. The first-order chi connectivity index (χ1) is 18.1. The molecular weight excluding hydrogens is 490 g/mol. The van der Waals surface area contributed by atoms with Crippen LogP contribution in [0.4, 0.5) is 5.13 Å². The molecule has 0 aliphatic carbocycles. The van der Waals surface area contributed by atoms with E-state index < -0.39 is 0 Å². The van der Waals surface area contributed by atoms with Crippen molar-refractivity contribution in [3.63, 3.8) is 0 Å². The number of carbonyl (C=O) groups excluding carboxylic acids is 2. The van der Waals surface area contributed by atoms with Crippen LogP contribution >= 0.6 is 11.3 Å². The molecule has 0 unspecified atom stereocenters. The number of nitrogens with one attached hydrogen (secondary N) is 3. The maximum atomic E-state index is 12.3. The van der Waals surface area contributed by atoms with E-state index in [9.17, 15) is 9.59 Å². The number of hydrogen-bond acceptors (Lipinski definition) is 8. The van der Waals surface area contributed by atoms with Gasteiger partial charge in [0.05, 0.1) is 6.42 Å². The van der Waals surface area contributed by atoms with E-state index in [1.54, 1.807) is 24.3 Å². The Bertz CT molecular complexity index is 1330. The second kappa shape index (κ2) is 13.1. The van der Waals surface area contributed by atoms with Gasteiger partial charge in [-0.3, -0.25) is 20.3 Å². The lowest BCUT2D eigenvalue weighted by atomic mass is 10.2. The van der Waals surface area contributed by atoms with E-state index in [2.05, 4.69) is 26.4 Å². The number of benzene rings is 3. The Balaban J connectivity index is 1.16. The quantitative estimate of drug-likeness (QED) is 0.193. The van der Waals surface area contributed by atoms with Crippen molar-refractivity contribution >= 4 is 28.3 Å². The van der Waals surface area contributed by atoms with Crippen molar-refractivity contribution in [2.24, 2.45) is 0 Å². The van der Waals surface area contributed by atoms with Crippen LogP contribution < -0.4 is 25.6 Å². The van der Waals surface area contributed by atoms with Crippen molar-refractivity contribution in [1.82, 2.24) is 21.0 Å². The number of nitrogens with zero attached hydrogens (tertiary/aromatic N) is 2. The molecule has 0 saturated carbocycles. The summed E-state index contributed by atoms with van der Waals surface area (Å²) in [7, 11) is 0. The molecule has 190 valence electrons. The van der Waals surface area contributed by atoms with E-state index in [4.69, 9.17) is 9.47 Å². The number of ether oxygens (including phenoxy) is 2. The molecular formula is C27H27N5O4S. The number of anilines is 1.